The third-order valence-corrected chi connectivity index (χ3v) is 3.04. The summed E-state index contributed by atoms with van der Waals surface area (Å²) in [6.45, 7) is 3.63. The molecule has 2 amide bonds. The molecule has 0 fully saturated rings. The lowest BCUT2D eigenvalue weighted by atomic mass is 10.3. The molecule has 0 saturated heterocycles. The van der Waals surface area contributed by atoms with Gasteiger partial charge in [-0.25, -0.2) is 4.79 Å². The van der Waals surface area contributed by atoms with Crippen molar-refractivity contribution in [3.05, 3.63) is 42.0 Å². The van der Waals surface area contributed by atoms with E-state index in [0.29, 0.717) is 18.8 Å². The number of nitrogens with one attached hydrogen (secondary N) is 2. The van der Waals surface area contributed by atoms with E-state index in [-0.39, 0.29) is 6.03 Å². The number of amides is 2. The summed E-state index contributed by atoms with van der Waals surface area (Å²) >= 11 is 0. The van der Waals surface area contributed by atoms with E-state index in [1.807, 2.05) is 25.1 Å². The van der Waals surface area contributed by atoms with Gasteiger partial charge in [0.2, 0.25) is 0 Å². The highest BCUT2D eigenvalue weighted by atomic mass is 16.5. The summed E-state index contributed by atoms with van der Waals surface area (Å²) in [6, 6.07) is 5.53. The second-order valence-corrected chi connectivity index (χ2v) is 5.04. The Labute approximate surface area is 129 Å². The average Bonchev–Trinajstić information content (AvgIpc) is 2.92. The smallest absolute Gasteiger partial charge is 0.317 e. The molecule has 0 aliphatic rings. The van der Waals surface area contributed by atoms with E-state index >= 15 is 0 Å². The SMILES string of the molecule is Cc1cc(CN(C)C(=O)NCCCNc2cccnc2)on1. The number of hydrogen-bond acceptors (Lipinski definition) is 5. The topological polar surface area (TPSA) is 83.3 Å². The minimum Gasteiger partial charge on any atom is -0.384 e. The number of anilines is 1. The average molecular weight is 303 g/mol. The Bertz CT molecular complexity index is 585. The zero-order chi connectivity index (χ0) is 15.8. The highest BCUT2D eigenvalue weighted by Crippen LogP contribution is 2.05. The molecule has 0 saturated carbocycles. The predicted molar refractivity (Wildman–Crippen MR) is 83.4 cm³/mol. The highest BCUT2D eigenvalue weighted by Gasteiger charge is 2.10. The predicted octanol–water partition coefficient (Wildman–Crippen LogP) is 2.02. The summed E-state index contributed by atoms with van der Waals surface area (Å²) in [5.74, 6) is 0.674. The minimum atomic E-state index is -0.129. The summed E-state index contributed by atoms with van der Waals surface area (Å²) in [4.78, 5) is 17.5. The van der Waals surface area contributed by atoms with Crippen LogP contribution >= 0.6 is 0 Å². The molecule has 7 heteroatoms. The van der Waals surface area contributed by atoms with Crippen molar-refractivity contribution in [1.29, 1.82) is 0 Å². The van der Waals surface area contributed by atoms with E-state index in [9.17, 15) is 4.79 Å². The summed E-state index contributed by atoms with van der Waals surface area (Å²) in [7, 11) is 1.72. The largest absolute Gasteiger partial charge is 0.384 e. The van der Waals surface area contributed by atoms with Crippen molar-refractivity contribution in [1.82, 2.24) is 20.4 Å². The van der Waals surface area contributed by atoms with Crippen LogP contribution in [0.3, 0.4) is 0 Å². The van der Waals surface area contributed by atoms with Crippen LogP contribution in [0.2, 0.25) is 0 Å². The molecular formula is C15H21N5O2. The number of pyridine rings is 1. The number of nitrogens with zero attached hydrogens (tertiary/aromatic N) is 3. The Morgan fingerprint density at radius 2 is 2.27 bits per heavy atom. The third-order valence-electron chi connectivity index (χ3n) is 3.04. The maximum atomic E-state index is 11.9. The van der Waals surface area contributed by atoms with Gasteiger partial charge in [-0.2, -0.15) is 0 Å². The first-order valence-electron chi connectivity index (χ1n) is 7.20. The molecule has 2 heterocycles. The van der Waals surface area contributed by atoms with Crippen LogP contribution in [0.15, 0.2) is 35.1 Å². The van der Waals surface area contributed by atoms with Gasteiger partial charge in [0, 0.05) is 38.6 Å². The Balaban J connectivity index is 1.61. The fourth-order valence-corrected chi connectivity index (χ4v) is 1.92. The van der Waals surface area contributed by atoms with Crippen LogP contribution in [0.25, 0.3) is 0 Å². The van der Waals surface area contributed by atoms with Crippen LogP contribution < -0.4 is 10.6 Å². The monoisotopic (exact) mass is 303 g/mol. The first-order valence-corrected chi connectivity index (χ1v) is 7.20. The molecule has 22 heavy (non-hydrogen) atoms. The number of urea groups is 1. The number of carbonyl (C=O) groups excluding carboxylic acids is 1. The molecule has 0 unspecified atom stereocenters. The molecule has 2 rings (SSSR count). The van der Waals surface area contributed by atoms with Gasteiger partial charge in [0.25, 0.3) is 0 Å². The molecule has 0 spiro atoms. The number of rotatable bonds is 7. The van der Waals surface area contributed by atoms with Gasteiger partial charge in [-0.1, -0.05) is 5.16 Å². The fourth-order valence-electron chi connectivity index (χ4n) is 1.92. The van der Waals surface area contributed by atoms with Crippen LogP contribution in [0, 0.1) is 6.92 Å². The third kappa shape index (κ3) is 5.08. The molecular weight excluding hydrogens is 282 g/mol. The van der Waals surface area contributed by atoms with Crippen LogP contribution in [-0.4, -0.2) is 41.2 Å². The van der Waals surface area contributed by atoms with E-state index in [4.69, 9.17) is 4.52 Å². The summed E-state index contributed by atoms with van der Waals surface area (Å²) in [5.41, 5.74) is 1.79. The molecule has 0 bridgehead atoms. The number of aromatic nitrogens is 2. The quantitative estimate of drug-likeness (QED) is 0.765. The lowest BCUT2D eigenvalue weighted by Gasteiger charge is -2.16. The molecule has 0 aliphatic carbocycles. The first kappa shape index (κ1) is 15.8. The summed E-state index contributed by atoms with van der Waals surface area (Å²) in [6.07, 6.45) is 4.33. The van der Waals surface area contributed by atoms with Gasteiger partial charge in [-0.3, -0.25) is 4.98 Å². The van der Waals surface area contributed by atoms with Gasteiger partial charge in [-0.15, -0.1) is 0 Å². The van der Waals surface area contributed by atoms with Crippen molar-refractivity contribution in [2.24, 2.45) is 0 Å². The van der Waals surface area contributed by atoms with Gasteiger partial charge in [0.15, 0.2) is 5.76 Å². The Morgan fingerprint density at radius 1 is 1.41 bits per heavy atom. The molecule has 0 atom stereocenters. The van der Waals surface area contributed by atoms with Gasteiger partial charge in [0.05, 0.1) is 17.9 Å². The van der Waals surface area contributed by atoms with Crippen LogP contribution in [0.1, 0.15) is 17.9 Å². The fraction of sp³-hybridized carbons (Fsp3) is 0.400. The standard InChI is InChI=1S/C15H21N5O2/c1-12-9-14(22-19-12)11-20(2)15(21)18-8-4-7-17-13-5-3-6-16-10-13/h3,5-6,9-10,17H,4,7-8,11H2,1-2H3,(H,18,21). The molecule has 0 aromatic carbocycles. The number of hydrogen-bond donors (Lipinski definition) is 2. The lowest BCUT2D eigenvalue weighted by Crippen LogP contribution is -2.37. The van der Waals surface area contributed by atoms with E-state index in [0.717, 1.165) is 24.3 Å². The molecule has 0 aliphatic heterocycles. The first-order chi connectivity index (χ1) is 10.6. The van der Waals surface area contributed by atoms with Crippen LogP contribution in [-0.2, 0) is 6.54 Å². The van der Waals surface area contributed by atoms with Gasteiger partial charge >= 0.3 is 6.03 Å². The zero-order valence-corrected chi connectivity index (χ0v) is 12.9. The Kier molecular flexibility index (Phi) is 5.76. The van der Waals surface area contributed by atoms with Crippen molar-refractivity contribution in [2.75, 3.05) is 25.5 Å². The zero-order valence-electron chi connectivity index (χ0n) is 12.9. The van der Waals surface area contributed by atoms with Crippen molar-refractivity contribution in [2.45, 2.75) is 19.9 Å². The van der Waals surface area contributed by atoms with E-state index < -0.39 is 0 Å². The van der Waals surface area contributed by atoms with E-state index in [1.165, 1.54) is 0 Å². The highest BCUT2D eigenvalue weighted by molar-refractivity contribution is 5.73. The lowest BCUT2D eigenvalue weighted by molar-refractivity contribution is 0.200. The van der Waals surface area contributed by atoms with Gasteiger partial charge in [-0.05, 0) is 25.5 Å². The van der Waals surface area contributed by atoms with Crippen LogP contribution in [0.5, 0.6) is 0 Å². The Hall–Kier alpha value is -2.57. The minimum absolute atomic E-state index is 0.129. The molecule has 0 radical (unpaired) electrons. The maximum absolute atomic E-state index is 11.9. The molecule has 2 aromatic heterocycles. The van der Waals surface area contributed by atoms with Gasteiger partial charge in [0.1, 0.15) is 0 Å². The molecule has 118 valence electrons. The molecule has 2 aromatic rings. The number of aryl methyl sites for hydroxylation is 1. The van der Waals surface area contributed by atoms with Crippen molar-refractivity contribution in [3.63, 3.8) is 0 Å². The van der Waals surface area contributed by atoms with Crippen molar-refractivity contribution >= 4 is 11.7 Å². The van der Waals surface area contributed by atoms with Gasteiger partial charge < -0.3 is 20.1 Å². The second-order valence-electron chi connectivity index (χ2n) is 5.04. The number of carbonyl (C=O) groups is 1. The Morgan fingerprint density at radius 3 is 2.95 bits per heavy atom. The maximum Gasteiger partial charge on any atom is 0.317 e. The van der Waals surface area contributed by atoms with Crippen molar-refractivity contribution in [3.8, 4) is 0 Å². The van der Waals surface area contributed by atoms with E-state index in [1.54, 1.807) is 24.3 Å². The summed E-state index contributed by atoms with van der Waals surface area (Å²) < 4.78 is 5.09. The van der Waals surface area contributed by atoms with E-state index in [2.05, 4.69) is 20.8 Å². The molecule has 7 nitrogen and oxygen atoms in total. The van der Waals surface area contributed by atoms with Crippen LogP contribution in [0.4, 0.5) is 10.5 Å². The normalized spacial score (nSPS) is 10.3. The summed E-state index contributed by atoms with van der Waals surface area (Å²) in [5, 5.41) is 9.90. The second kappa shape index (κ2) is 8.02. The van der Waals surface area contributed by atoms with Crippen molar-refractivity contribution < 1.29 is 9.32 Å². The molecule has 2 N–H and O–H groups in total.